The van der Waals surface area contributed by atoms with Gasteiger partial charge in [-0.1, -0.05) is 29.1 Å². The van der Waals surface area contributed by atoms with Gasteiger partial charge in [-0.2, -0.15) is 4.98 Å². The van der Waals surface area contributed by atoms with E-state index < -0.39 is 0 Å². The molecule has 0 unspecified atom stereocenters. The Hall–Kier alpha value is -3.66. The van der Waals surface area contributed by atoms with Crippen LogP contribution in [0.25, 0.3) is 23.1 Å². The molecule has 0 saturated carbocycles. The number of hydrogen-bond acceptors (Lipinski definition) is 8. The molecule has 0 saturated heterocycles. The van der Waals surface area contributed by atoms with Gasteiger partial charge in [0.25, 0.3) is 5.89 Å². The van der Waals surface area contributed by atoms with Crippen molar-refractivity contribution in [2.24, 2.45) is 0 Å². The summed E-state index contributed by atoms with van der Waals surface area (Å²) in [6.45, 7) is 6.51. The minimum Gasteiger partial charge on any atom is -0.497 e. The highest BCUT2D eigenvalue weighted by Gasteiger charge is 2.20. The van der Waals surface area contributed by atoms with Crippen LogP contribution in [0, 0.1) is 13.8 Å². The summed E-state index contributed by atoms with van der Waals surface area (Å²) >= 11 is 1.31. The largest absolute Gasteiger partial charge is 0.497 e. The topological polar surface area (TPSA) is 108 Å². The Morgan fingerprint density at radius 3 is 2.67 bits per heavy atom. The molecule has 1 N–H and O–H groups in total. The van der Waals surface area contributed by atoms with Gasteiger partial charge in [-0.15, -0.1) is 10.2 Å². The number of ether oxygens (including phenoxy) is 1. The second-order valence-corrected chi connectivity index (χ2v) is 8.30. The smallest absolute Gasteiger partial charge is 0.296 e. The lowest BCUT2D eigenvalue weighted by atomic mass is 10.1. The van der Waals surface area contributed by atoms with Crippen LogP contribution in [0.4, 0.5) is 5.69 Å². The maximum absolute atomic E-state index is 12.5. The van der Waals surface area contributed by atoms with Crippen LogP contribution in [0.3, 0.4) is 0 Å². The highest BCUT2D eigenvalue weighted by molar-refractivity contribution is 7.99. The fourth-order valence-electron chi connectivity index (χ4n) is 3.20. The average Bonchev–Trinajstić information content (AvgIpc) is 3.47. The Morgan fingerprint density at radius 1 is 1.15 bits per heavy atom. The molecule has 9 nitrogen and oxygen atoms in total. The molecule has 170 valence electrons. The van der Waals surface area contributed by atoms with Crippen LogP contribution in [0.2, 0.25) is 0 Å². The highest BCUT2D eigenvalue weighted by Crippen LogP contribution is 2.26. The Kier molecular flexibility index (Phi) is 6.74. The van der Waals surface area contributed by atoms with Crippen LogP contribution >= 0.6 is 11.8 Å². The molecule has 0 aliphatic rings. The van der Waals surface area contributed by atoms with E-state index in [0.29, 0.717) is 23.4 Å². The van der Waals surface area contributed by atoms with Crippen molar-refractivity contribution >= 4 is 23.4 Å². The first-order chi connectivity index (χ1) is 16.0. The second kappa shape index (κ2) is 9.86. The number of hydrogen-bond donors (Lipinski definition) is 1. The summed E-state index contributed by atoms with van der Waals surface area (Å²) in [6, 6.07) is 13.3. The molecule has 1 amide bonds. The quantitative estimate of drug-likeness (QED) is 0.383. The molecule has 2 aromatic carbocycles. The van der Waals surface area contributed by atoms with Gasteiger partial charge in [-0.05, 0) is 62.2 Å². The zero-order chi connectivity index (χ0) is 23.4. The molecule has 0 fully saturated rings. The van der Waals surface area contributed by atoms with Crippen molar-refractivity contribution in [2.75, 3.05) is 18.2 Å². The van der Waals surface area contributed by atoms with Crippen molar-refractivity contribution in [3.63, 3.8) is 0 Å². The summed E-state index contributed by atoms with van der Waals surface area (Å²) in [5.41, 5.74) is 3.72. The van der Waals surface area contributed by atoms with Crippen LogP contribution in [-0.4, -0.2) is 43.7 Å². The fourth-order valence-corrected chi connectivity index (χ4v) is 4.00. The van der Waals surface area contributed by atoms with E-state index in [-0.39, 0.29) is 17.6 Å². The second-order valence-electron chi connectivity index (χ2n) is 7.36. The third kappa shape index (κ3) is 5.06. The van der Waals surface area contributed by atoms with Gasteiger partial charge in [0.2, 0.25) is 17.6 Å². The average molecular weight is 465 g/mol. The summed E-state index contributed by atoms with van der Waals surface area (Å²) in [5, 5.41) is 16.1. The molecule has 0 aliphatic carbocycles. The van der Waals surface area contributed by atoms with Crippen LogP contribution in [-0.2, 0) is 11.3 Å². The van der Waals surface area contributed by atoms with E-state index in [4.69, 9.17) is 9.26 Å². The number of nitrogens with one attached hydrogen (secondary N) is 1. The molecule has 33 heavy (non-hydrogen) atoms. The zero-order valence-corrected chi connectivity index (χ0v) is 19.6. The van der Waals surface area contributed by atoms with Gasteiger partial charge >= 0.3 is 0 Å². The van der Waals surface area contributed by atoms with Crippen molar-refractivity contribution in [2.45, 2.75) is 32.5 Å². The number of benzene rings is 2. The molecular formula is C23H24N6O3S. The molecule has 4 aromatic rings. The Bertz CT molecular complexity index is 1270. The van der Waals surface area contributed by atoms with Crippen LogP contribution in [0.15, 0.2) is 52.1 Å². The van der Waals surface area contributed by atoms with Gasteiger partial charge in [0.05, 0.1) is 12.9 Å². The first-order valence-electron chi connectivity index (χ1n) is 10.4. The van der Waals surface area contributed by atoms with E-state index in [1.54, 1.807) is 7.11 Å². The third-order valence-electron chi connectivity index (χ3n) is 5.00. The van der Waals surface area contributed by atoms with Crippen molar-refractivity contribution in [1.82, 2.24) is 24.9 Å². The summed E-state index contributed by atoms with van der Waals surface area (Å²) in [5.74, 6) is 2.01. The Labute approximate surface area is 195 Å². The van der Waals surface area contributed by atoms with E-state index in [9.17, 15) is 4.79 Å². The number of aromatic nitrogens is 5. The lowest BCUT2D eigenvalue weighted by Gasteiger charge is -2.09. The number of methoxy groups -OCH3 is 1. The molecule has 4 rings (SSSR count). The normalized spacial score (nSPS) is 10.9. The molecule has 2 heterocycles. The fraction of sp³-hybridized carbons (Fsp3) is 0.261. The maximum Gasteiger partial charge on any atom is 0.296 e. The van der Waals surface area contributed by atoms with Crippen LogP contribution in [0.1, 0.15) is 18.1 Å². The van der Waals surface area contributed by atoms with Gasteiger partial charge < -0.3 is 14.6 Å². The predicted octanol–water partition coefficient (Wildman–Crippen LogP) is 4.37. The first kappa shape index (κ1) is 22.5. The predicted molar refractivity (Wildman–Crippen MR) is 126 cm³/mol. The van der Waals surface area contributed by atoms with Gasteiger partial charge in [0, 0.05) is 17.8 Å². The molecule has 0 aliphatic heterocycles. The maximum atomic E-state index is 12.5. The summed E-state index contributed by atoms with van der Waals surface area (Å²) in [7, 11) is 1.61. The lowest BCUT2D eigenvalue weighted by molar-refractivity contribution is -0.113. The molecule has 0 spiro atoms. The standard InChI is InChI=1S/C23H24N6O3S/c1-5-29-21(22-25-20(28-32-22)16-8-10-17(31-4)11-9-16)26-27-23(29)33-13-19(30)24-18-12-14(2)6-7-15(18)3/h6-12H,5,13H2,1-4H3,(H,24,30). The first-order valence-corrected chi connectivity index (χ1v) is 11.4. The van der Waals surface area contributed by atoms with E-state index in [0.717, 1.165) is 28.1 Å². The van der Waals surface area contributed by atoms with Crippen molar-refractivity contribution in [1.29, 1.82) is 0 Å². The number of amides is 1. The van der Waals surface area contributed by atoms with E-state index >= 15 is 0 Å². The number of nitrogens with zero attached hydrogens (tertiary/aromatic N) is 5. The number of anilines is 1. The molecular weight excluding hydrogens is 440 g/mol. The lowest BCUT2D eigenvalue weighted by Crippen LogP contribution is -2.15. The van der Waals surface area contributed by atoms with Crippen molar-refractivity contribution in [3.05, 3.63) is 53.6 Å². The van der Waals surface area contributed by atoms with Gasteiger partial charge in [-0.3, -0.25) is 9.36 Å². The summed E-state index contributed by atoms with van der Waals surface area (Å²) in [4.78, 5) is 17.0. The Morgan fingerprint density at radius 2 is 1.94 bits per heavy atom. The number of carbonyl (C=O) groups is 1. The molecule has 0 atom stereocenters. The summed E-state index contributed by atoms with van der Waals surface area (Å²) < 4.78 is 12.5. The van der Waals surface area contributed by atoms with Gasteiger partial charge in [-0.25, -0.2) is 0 Å². The zero-order valence-electron chi connectivity index (χ0n) is 18.8. The van der Waals surface area contributed by atoms with Gasteiger partial charge in [0.1, 0.15) is 5.75 Å². The molecule has 10 heteroatoms. The van der Waals surface area contributed by atoms with Crippen molar-refractivity contribution < 1.29 is 14.1 Å². The number of thioether (sulfide) groups is 1. The third-order valence-corrected chi connectivity index (χ3v) is 5.96. The monoisotopic (exact) mass is 464 g/mol. The minimum absolute atomic E-state index is 0.111. The van der Waals surface area contributed by atoms with E-state index in [2.05, 4.69) is 25.7 Å². The van der Waals surface area contributed by atoms with Crippen molar-refractivity contribution in [3.8, 4) is 28.9 Å². The molecule has 0 radical (unpaired) electrons. The highest BCUT2D eigenvalue weighted by atomic mass is 32.2. The number of aryl methyl sites for hydroxylation is 2. The molecule has 2 aromatic heterocycles. The summed E-state index contributed by atoms with van der Waals surface area (Å²) in [6.07, 6.45) is 0. The van der Waals surface area contributed by atoms with E-state index in [1.807, 2.05) is 67.8 Å². The number of rotatable bonds is 8. The van der Waals surface area contributed by atoms with Crippen LogP contribution < -0.4 is 10.1 Å². The van der Waals surface area contributed by atoms with E-state index in [1.165, 1.54) is 11.8 Å². The molecule has 0 bridgehead atoms. The number of carbonyl (C=O) groups excluding carboxylic acids is 1. The van der Waals surface area contributed by atoms with Gasteiger partial charge in [0.15, 0.2) is 5.16 Å². The van der Waals surface area contributed by atoms with Crippen LogP contribution in [0.5, 0.6) is 5.75 Å². The SMILES string of the molecule is CCn1c(SCC(=O)Nc2cc(C)ccc2C)nnc1-c1nc(-c2ccc(OC)cc2)no1. The Balaban J connectivity index is 1.46. The minimum atomic E-state index is -0.111.